The van der Waals surface area contributed by atoms with Crippen molar-refractivity contribution in [3.05, 3.63) is 35.5 Å². The number of pyridine rings is 2. The van der Waals surface area contributed by atoms with Crippen LogP contribution in [0.1, 0.15) is 17.2 Å². The van der Waals surface area contributed by atoms with Crippen molar-refractivity contribution in [3.63, 3.8) is 0 Å². The smallest absolute Gasteiger partial charge is 0.430 e. The summed E-state index contributed by atoms with van der Waals surface area (Å²) in [7, 11) is 0. The Labute approximate surface area is 188 Å². The zero-order valence-electron chi connectivity index (χ0n) is 17.2. The largest absolute Gasteiger partial charge is 0.431 e. The molecule has 5 rings (SSSR count). The van der Waals surface area contributed by atoms with Gasteiger partial charge in [0.25, 0.3) is 0 Å². The standard InChI is InChI=1S/C20H17F6N5O3/c21-19(22,23)9-5-11(29-14(6-9)31-7-12-13(8-31)33-4-3-27-12)10-1-2-28-17-15(10)16(20(24,25)26)34-18(32)30-17/h1-2,5-6,12-13,16,27H,3-4,7-8H2,(H,28,30,32)/t12-,13+,16-/m1/s1. The fourth-order valence-electron chi connectivity index (χ4n) is 4.34. The van der Waals surface area contributed by atoms with E-state index in [9.17, 15) is 31.1 Å². The Morgan fingerprint density at radius 3 is 2.62 bits per heavy atom. The number of ether oxygens (including phenoxy) is 2. The van der Waals surface area contributed by atoms with E-state index in [-0.39, 0.29) is 35.8 Å². The predicted molar refractivity (Wildman–Crippen MR) is 105 cm³/mol. The van der Waals surface area contributed by atoms with Crippen molar-refractivity contribution in [1.82, 2.24) is 15.3 Å². The van der Waals surface area contributed by atoms with E-state index in [1.165, 1.54) is 0 Å². The van der Waals surface area contributed by atoms with E-state index in [0.29, 0.717) is 25.8 Å². The molecule has 2 fully saturated rings. The molecule has 0 bridgehead atoms. The predicted octanol–water partition coefficient (Wildman–Crippen LogP) is 3.50. The summed E-state index contributed by atoms with van der Waals surface area (Å²) in [6.45, 7) is 1.65. The second kappa shape index (κ2) is 7.98. The van der Waals surface area contributed by atoms with Crippen molar-refractivity contribution >= 4 is 17.7 Å². The highest BCUT2D eigenvalue weighted by atomic mass is 19.4. The SMILES string of the molecule is O=C1Nc2nccc(-c3cc(C(F)(F)F)cc(N4C[C@@H]5OCCN[C@@H]5C4)n3)c2[C@H](C(F)(F)F)O1. The molecule has 2 aromatic heterocycles. The number of aromatic nitrogens is 2. The van der Waals surface area contributed by atoms with Crippen LogP contribution in [0.3, 0.4) is 0 Å². The second-order valence-electron chi connectivity index (χ2n) is 8.04. The van der Waals surface area contributed by atoms with Crippen LogP contribution in [0, 0.1) is 0 Å². The zero-order valence-corrected chi connectivity index (χ0v) is 17.2. The van der Waals surface area contributed by atoms with E-state index in [2.05, 4.69) is 25.3 Å². The first kappa shape index (κ1) is 22.7. The summed E-state index contributed by atoms with van der Waals surface area (Å²) >= 11 is 0. The van der Waals surface area contributed by atoms with E-state index in [4.69, 9.17) is 4.74 Å². The van der Waals surface area contributed by atoms with Crippen LogP contribution >= 0.6 is 0 Å². The summed E-state index contributed by atoms with van der Waals surface area (Å²) in [4.78, 5) is 21.2. The Hall–Kier alpha value is -3.13. The third kappa shape index (κ3) is 4.11. The van der Waals surface area contributed by atoms with Crippen LogP contribution in [0.15, 0.2) is 24.4 Å². The van der Waals surface area contributed by atoms with Gasteiger partial charge in [-0.15, -0.1) is 0 Å². The van der Waals surface area contributed by atoms with Gasteiger partial charge in [-0.1, -0.05) is 0 Å². The molecule has 3 atom stereocenters. The lowest BCUT2D eigenvalue weighted by atomic mass is 9.98. The fourth-order valence-corrected chi connectivity index (χ4v) is 4.34. The number of alkyl halides is 6. The maximum absolute atomic E-state index is 13.7. The number of rotatable bonds is 2. The van der Waals surface area contributed by atoms with Gasteiger partial charge in [0.2, 0.25) is 6.10 Å². The number of hydrogen-bond donors (Lipinski definition) is 2. The van der Waals surface area contributed by atoms with Gasteiger partial charge in [-0.05, 0) is 18.2 Å². The van der Waals surface area contributed by atoms with Gasteiger partial charge in [0.05, 0.1) is 35.6 Å². The Morgan fingerprint density at radius 2 is 1.91 bits per heavy atom. The van der Waals surface area contributed by atoms with Gasteiger partial charge in [0, 0.05) is 31.4 Å². The number of hydrogen-bond acceptors (Lipinski definition) is 7. The van der Waals surface area contributed by atoms with E-state index < -0.39 is 41.5 Å². The quantitative estimate of drug-likeness (QED) is 0.625. The lowest BCUT2D eigenvalue weighted by Crippen LogP contribution is -2.47. The van der Waals surface area contributed by atoms with Gasteiger partial charge >= 0.3 is 18.4 Å². The maximum Gasteiger partial charge on any atom is 0.430 e. The molecule has 5 heterocycles. The highest BCUT2D eigenvalue weighted by molar-refractivity contribution is 5.89. The van der Waals surface area contributed by atoms with Crippen LogP contribution in [-0.4, -0.2) is 60.6 Å². The average Bonchev–Trinajstić information content (AvgIpc) is 3.21. The normalized spacial score (nSPS) is 24.8. The topological polar surface area (TPSA) is 88.6 Å². The van der Waals surface area contributed by atoms with Crippen molar-refractivity contribution in [3.8, 4) is 11.3 Å². The Bertz CT molecular complexity index is 1110. The van der Waals surface area contributed by atoms with E-state index in [1.54, 1.807) is 4.90 Å². The maximum atomic E-state index is 13.7. The van der Waals surface area contributed by atoms with Crippen LogP contribution in [0.4, 0.5) is 42.8 Å². The minimum Gasteiger partial charge on any atom is -0.431 e. The summed E-state index contributed by atoms with van der Waals surface area (Å²) in [5.74, 6) is -0.513. The molecule has 3 aliphatic rings. The molecule has 0 saturated carbocycles. The molecule has 0 radical (unpaired) electrons. The molecule has 2 aromatic rings. The van der Waals surface area contributed by atoms with Gasteiger partial charge in [-0.2, -0.15) is 26.3 Å². The molecule has 2 N–H and O–H groups in total. The first-order valence-corrected chi connectivity index (χ1v) is 10.2. The number of fused-ring (bicyclic) bond motifs is 2. The van der Waals surface area contributed by atoms with Gasteiger partial charge in [0.1, 0.15) is 11.6 Å². The molecule has 3 aliphatic heterocycles. The lowest BCUT2D eigenvalue weighted by Gasteiger charge is -2.29. The highest BCUT2D eigenvalue weighted by Crippen LogP contribution is 2.46. The average molecular weight is 489 g/mol. The molecule has 182 valence electrons. The summed E-state index contributed by atoms with van der Waals surface area (Å²) in [6.07, 6.45) is -13.1. The van der Waals surface area contributed by atoms with Crippen LogP contribution in [-0.2, 0) is 15.7 Å². The monoisotopic (exact) mass is 489 g/mol. The minimum atomic E-state index is -5.03. The zero-order chi connectivity index (χ0) is 24.3. The van der Waals surface area contributed by atoms with Gasteiger partial charge in [-0.3, -0.25) is 5.32 Å². The summed E-state index contributed by atoms with van der Waals surface area (Å²) < 4.78 is 92.4. The van der Waals surface area contributed by atoms with Gasteiger partial charge in [-0.25, -0.2) is 14.8 Å². The van der Waals surface area contributed by atoms with Crippen molar-refractivity contribution in [2.45, 2.75) is 30.6 Å². The number of cyclic esters (lactones) is 1. The Kier molecular flexibility index (Phi) is 5.31. The Balaban J connectivity index is 1.63. The molecule has 8 nitrogen and oxygen atoms in total. The molecule has 2 saturated heterocycles. The third-order valence-electron chi connectivity index (χ3n) is 5.84. The van der Waals surface area contributed by atoms with Crippen molar-refractivity contribution in [2.75, 3.05) is 36.5 Å². The van der Waals surface area contributed by atoms with E-state index >= 15 is 0 Å². The number of nitrogens with one attached hydrogen (secondary N) is 2. The Morgan fingerprint density at radius 1 is 1.12 bits per heavy atom. The first-order valence-electron chi connectivity index (χ1n) is 10.2. The van der Waals surface area contributed by atoms with Crippen LogP contribution in [0.25, 0.3) is 11.3 Å². The molecule has 0 aromatic carbocycles. The number of morpholine rings is 1. The molecule has 0 unspecified atom stereocenters. The van der Waals surface area contributed by atoms with Crippen LogP contribution in [0.2, 0.25) is 0 Å². The molecular formula is C20H17F6N5O3. The van der Waals surface area contributed by atoms with Gasteiger partial charge in [0.15, 0.2) is 0 Å². The van der Waals surface area contributed by atoms with Crippen molar-refractivity contribution in [1.29, 1.82) is 0 Å². The molecule has 0 spiro atoms. The summed E-state index contributed by atoms with van der Waals surface area (Å²) in [5.41, 5.74) is -2.34. The van der Waals surface area contributed by atoms with Gasteiger partial charge < -0.3 is 19.7 Å². The fraction of sp³-hybridized carbons (Fsp3) is 0.450. The molecular weight excluding hydrogens is 472 g/mol. The minimum absolute atomic E-state index is 0.0560. The van der Waals surface area contributed by atoms with Crippen molar-refractivity contribution in [2.24, 2.45) is 0 Å². The van der Waals surface area contributed by atoms with E-state index in [1.807, 2.05) is 0 Å². The molecule has 14 heteroatoms. The van der Waals surface area contributed by atoms with E-state index in [0.717, 1.165) is 18.3 Å². The first-order chi connectivity index (χ1) is 16.0. The molecule has 0 aliphatic carbocycles. The van der Waals surface area contributed by atoms with Crippen LogP contribution in [0.5, 0.6) is 0 Å². The van der Waals surface area contributed by atoms with Crippen molar-refractivity contribution < 1.29 is 40.6 Å². The molecule has 1 amide bonds. The summed E-state index contributed by atoms with van der Waals surface area (Å²) in [5, 5.41) is 5.30. The highest BCUT2D eigenvalue weighted by Gasteiger charge is 2.49. The number of amides is 1. The number of halogens is 6. The second-order valence-corrected chi connectivity index (χ2v) is 8.04. The molecule has 34 heavy (non-hydrogen) atoms. The summed E-state index contributed by atoms with van der Waals surface area (Å²) in [6, 6.07) is 2.52. The number of carbonyl (C=O) groups excluding carboxylic acids is 1. The van der Waals surface area contributed by atoms with Crippen LogP contribution < -0.4 is 15.5 Å². The number of anilines is 2. The number of nitrogens with zero attached hydrogens (tertiary/aromatic N) is 3. The number of carbonyl (C=O) groups is 1. The lowest BCUT2D eigenvalue weighted by molar-refractivity contribution is -0.206. The third-order valence-corrected chi connectivity index (χ3v) is 5.84.